The summed E-state index contributed by atoms with van der Waals surface area (Å²) in [5.74, 6) is 17.5. The van der Waals surface area contributed by atoms with Gasteiger partial charge in [-0.3, -0.25) is 4.90 Å². The molecule has 54 heavy (non-hydrogen) atoms. The Morgan fingerprint density at radius 2 is 0.759 bits per heavy atom. The van der Waals surface area contributed by atoms with Crippen LogP contribution < -0.4 is 0 Å². The summed E-state index contributed by atoms with van der Waals surface area (Å²) in [4.78, 5) is 3.49. The predicted octanol–water partition coefficient (Wildman–Crippen LogP) is 14.5. The van der Waals surface area contributed by atoms with Gasteiger partial charge in [-0.2, -0.15) is 0 Å². The lowest BCUT2D eigenvalue weighted by molar-refractivity contribution is -0.0564. The zero-order chi connectivity index (χ0) is 36.0. The van der Waals surface area contributed by atoms with Gasteiger partial charge in [-0.05, 0) is 209 Å². The summed E-state index contributed by atoms with van der Waals surface area (Å²) in [7, 11) is 0. The SMILES string of the molecule is CC1(C)C2CCCCC2C2CCC(N(C3CCC(C4CCCCC4)CC3)C3CCC4CC5CC6CCCCC6C(C6CC7CCCCC7C6)C5C4C3)CC21. The first-order chi connectivity index (χ1) is 26.5. The molecule has 0 radical (unpaired) electrons. The molecule has 0 aromatic heterocycles. The lowest BCUT2D eigenvalue weighted by Crippen LogP contribution is -2.55. The molecule has 0 aliphatic heterocycles. The molecule has 0 spiro atoms. The van der Waals surface area contributed by atoms with Crippen molar-refractivity contribution in [3.63, 3.8) is 0 Å². The van der Waals surface area contributed by atoms with Crippen molar-refractivity contribution in [3.8, 4) is 0 Å². The van der Waals surface area contributed by atoms with Gasteiger partial charge in [-0.1, -0.05) is 104 Å². The molecule has 1 nitrogen and oxygen atoms in total. The Bertz CT molecular complexity index is 1260. The Balaban J connectivity index is 0.872. The summed E-state index contributed by atoms with van der Waals surface area (Å²) >= 11 is 0. The van der Waals surface area contributed by atoms with E-state index in [0.717, 1.165) is 113 Å². The van der Waals surface area contributed by atoms with E-state index in [-0.39, 0.29) is 0 Å². The van der Waals surface area contributed by atoms with Gasteiger partial charge in [-0.25, -0.2) is 0 Å². The van der Waals surface area contributed by atoms with E-state index in [1.54, 1.807) is 167 Å². The molecule has 15 unspecified atom stereocenters. The average Bonchev–Trinajstić information content (AvgIpc) is 3.88. The van der Waals surface area contributed by atoms with Crippen LogP contribution in [0.5, 0.6) is 0 Å². The van der Waals surface area contributed by atoms with Gasteiger partial charge in [-0.15, -0.1) is 0 Å². The van der Waals surface area contributed by atoms with Crippen molar-refractivity contribution in [2.24, 2.45) is 100 Å². The molecule has 0 aromatic carbocycles. The molecule has 0 aromatic rings. The molecule has 0 bridgehead atoms. The highest BCUT2D eigenvalue weighted by atomic mass is 15.2. The van der Waals surface area contributed by atoms with Gasteiger partial charge in [0.15, 0.2) is 0 Å². The lowest BCUT2D eigenvalue weighted by Gasteiger charge is -2.55. The maximum Gasteiger partial charge on any atom is 0.0104 e. The van der Waals surface area contributed by atoms with Crippen LogP contribution in [0.4, 0.5) is 0 Å². The summed E-state index contributed by atoms with van der Waals surface area (Å²) < 4.78 is 0. The van der Waals surface area contributed by atoms with Crippen LogP contribution in [0.15, 0.2) is 0 Å². The minimum Gasteiger partial charge on any atom is -0.294 e. The summed E-state index contributed by atoms with van der Waals surface area (Å²) in [6.07, 6.45) is 49.2. The molecule has 11 aliphatic carbocycles. The number of nitrogens with zero attached hydrogens (tertiary/aromatic N) is 1. The Labute approximate surface area is 334 Å². The van der Waals surface area contributed by atoms with Gasteiger partial charge in [0.05, 0.1) is 0 Å². The smallest absolute Gasteiger partial charge is 0.0104 e. The molecule has 0 amide bonds. The fourth-order valence-corrected chi connectivity index (χ4v) is 20.5. The molecule has 11 rings (SSSR count). The molecular weight excluding hydrogens is 651 g/mol. The van der Waals surface area contributed by atoms with Crippen molar-refractivity contribution < 1.29 is 0 Å². The van der Waals surface area contributed by atoms with Gasteiger partial charge < -0.3 is 0 Å². The molecular formula is C53H87N. The second-order valence-electron chi connectivity index (χ2n) is 24.5. The van der Waals surface area contributed by atoms with Crippen molar-refractivity contribution in [2.45, 2.75) is 231 Å². The van der Waals surface area contributed by atoms with E-state index in [1.807, 2.05) is 0 Å². The highest BCUT2D eigenvalue weighted by molar-refractivity contribution is 5.10. The molecule has 1 heteroatoms. The quantitative estimate of drug-likeness (QED) is 0.272. The molecule has 304 valence electrons. The Kier molecular flexibility index (Phi) is 10.4. The van der Waals surface area contributed by atoms with E-state index in [9.17, 15) is 0 Å². The number of rotatable bonds is 5. The first kappa shape index (κ1) is 37.0. The monoisotopic (exact) mass is 738 g/mol. The topological polar surface area (TPSA) is 3.24 Å². The van der Waals surface area contributed by atoms with E-state index in [0.29, 0.717) is 5.41 Å². The zero-order valence-electron chi connectivity index (χ0n) is 35.8. The van der Waals surface area contributed by atoms with Crippen molar-refractivity contribution >= 4 is 0 Å². The van der Waals surface area contributed by atoms with Crippen LogP contribution in [-0.4, -0.2) is 23.0 Å². The van der Waals surface area contributed by atoms with E-state index >= 15 is 0 Å². The largest absolute Gasteiger partial charge is 0.294 e. The molecule has 0 N–H and O–H groups in total. The summed E-state index contributed by atoms with van der Waals surface area (Å²) in [5.41, 5.74) is 0.583. The number of hydrogen-bond donors (Lipinski definition) is 0. The van der Waals surface area contributed by atoms with Crippen molar-refractivity contribution in [1.82, 2.24) is 4.90 Å². The van der Waals surface area contributed by atoms with Crippen LogP contribution in [0, 0.1) is 100 Å². The maximum atomic E-state index is 3.49. The second kappa shape index (κ2) is 15.2. The standard InChI is InChI=1S/C53H87N/c1-53(2)49-19-11-10-18-46(49)47-27-26-44(33-50(47)53)54(42-23-20-35(21-24-42)34-12-4-3-5-13-34)43-25-22-39-31-41-30-38-16-8-9-17-45(38)51(52(41)48(39)32-43)40-28-36-14-6-7-15-37(36)29-40/h34-52H,3-33H2,1-2H3. The Morgan fingerprint density at radius 3 is 1.50 bits per heavy atom. The zero-order valence-corrected chi connectivity index (χ0v) is 35.8. The maximum absolute atomic E-state index is 3.49. The minimum atomic E-state index is 0.583. The molecule has 11 fully saturated rings. The second-order valence-corrected chi connectivity index (χ2v) is 24.5. The van der Waals surface area contributed by atoms with Crippen molar-refractivity contribution in [1.29, 1.82) is 0 Å². The highest BCUT2D eigenvalue weighted by Gasteiger charge is 2.60. The van der Waals surface area contributed by atoms with Crippen molar-refractivity contribution in [2.75, 3.05) is 0 Å². The van der Waals surface area contributed by atoms with E-state index in [2.05, 4.69) is 18.7 Å². The summed E-state index contributed by atoms with van der Waals surface area (Å²) in [6.45, 7) is 5.57. The van der Waals surface area contributed by atoms with Crippen LogP contribution >= 0.6 is 0 Å². The first-order valence-corrected chi connectivity index (χ1v) is 26.3. The predicted molar refractivity (Wildman–Crippen MR) is 226 cm³/mol. The average molecular weight is 738 g/mol. The van der Waals surface area contributed by atoms with Crippen LogP contribution in [0.3, 0.4) is 0 Å². The molecule has 0 saturated heterocycles. The molecule has 11 aliphatic rings. The van der Waals surface area contributed by atoms with E-state index < -0.39 is 0 Å². The fraction of sp³-hybridized carbons (Fsp3) is 1.00. The lowest BCUT2D eigenvalue weighted by atomic mass is 9.53. The minimum absolute atomic E-state index is 0.583. The molecule has 0 heterocycles. The third-order valence-corrected chi connectivity index (χ3v) is 22.5. The van der Waals surface area contributed by atoms with Crippen LogP contribution in [0.25, 0.3) is 0 Å². The van der Waals surface area contributed by atoms with E-state index in [4.69, 9.17) is 0 Å². The number of fused-ring (bicyclic) bond motifs is 8. The van der Waals surface area contributed by atoms with Gasteiger partial charge in [0.25, 0.3) is 0 Å². The van der Waals surface area contributed by atoms with Crippen molar-refractivity contribution in [3.05, 3.63) is 0 Å². The normalized spacial score (nSPS) is 53.2. The summed E-state index contributed by atoms with van der Waals surface area (Å²) in [5, 5.41) is 0. The van der Waals surface area contributed by atoms with Gasteiger partial charge in [0.2, 0.25) is 0 Å². The van der Waals surface area contributed by atoms with Crippen LogP contribution in [-0.2, 0) is 0 Å². The number of hydrogen-bond acceptors (Lipinski definition) is 1. The molecule has 15 atom stereocenters. The Morgan fingerprint density at radius 1 is 0.296 bits per heavy atom. The van der Waals surface area contributed by atoms with E-state index in [1.165, 1.54) is 32.1 Å². The highest BCUT2D eigenvalue weighted by Crippen LogP contribution is 2.67. The van der Waals surface area contributed by atoms with Gasteiger partial charge in [0, 0.05) is 18.1 Å². The molecule has 11 saturated carbocycles. The fourth-order valence-electron chi connectivity index (χ4n) is 20.5. The van der Waals surface area contributed by atoms with Crippen LogP contribution in [0.1, 0.15) is 213 Å². The first-order valence-electron chi connectivity index (χ1n) is 26.3. The third kappa shape index (κ3) is 6.42. The van der Waals surface area contributed by atoms with Gasteiger partial charge in [0.1, 0.15) is 0 Å². The third-order valence-electron chi connectivity index (χ3n) is 22.5. The summed E-state index contributed by atoms with van der Waals surface area (Å²) in [6, 6.07) is 2.74. The van der Waals surface area contributed by atoms with Gasteiger partial charge >= 0.3 is 0 Å². The Hall–Kier alpha value is -0.0400. The van der Waals surface area contributed by atoms with Crippen LogP contribution in [0.2, 0.25) is 0 Å².